The second-order valence-corrected chi connectivity index (χ2v) is 6.51. The van der Waals surface area contributed by atoms with E-state index in [1.807, 2.05) is 0 Å². The van der Waals surface area contributed by atoms with E-state index in [1.54, 1.807) is 49.4 Å². The van der Waals surface area contributed by atoms with E-state index in [0.717, 1.165) is 0 Å². The van der Waals surface area contributed by atoms with Gasteiger partial charge < -0.3 is 25.3 Å². The third-order valence-electron chi connectivity index (χ3n) is 4.62. The number of nitrogens with two attached hydrogens (primary N) is 1. The van der Waals surface area contributed by atoms with Crippen LogP contribution in [-0.2, 0) is 0 Å². The number of phenols is 1. The number of hydrogen-bond acceptors (Lipinski definition) is 7. The number of carbonyl (C=O) groups is 1. The Kier molecular flexibility index (Phi) is 5.04. The minimum Gasteiger partial charge on any atom is -0.504 e. The van der Waals surface area contributed by atoms with Crippen LogP contribution < -0.4 is 20.9 Å². The maximum absolute atomic E-state index is 12.7. The van der Waals surface area contributed by atoms with Gasteiger partial charge in [0.15, 0.2) is 28.7 Å². The number of aromatic hydroxyl groups is 1. The molecule has 1 amide bonds. The molecule has 0 fully saturated rings. The number of rotatable bonds is 6. The highest BCUT2D eigenvalue weighted by Gasteiger charge is 2.22. The largest absolute Gasteiger partial charge is 0.504 e. The van der Waals surface area contributed by atoms with Crippen molar-refractivity contribution in [1.29, 1.82) is 0 Å². The summed E-state index contributed by atoms with van der Waals surface area (Å²) in [6, 6.07) is 11.6. The summed E-state index contributed by atoms with van der Waals surface area (Å²) in [5.74, 6) is -0.261. The number of aromatic amines is 1. The fourth-order valence-electron chi connectivity index (χ4n) is 3.25. The SMILES string of the molecule is CCOc1cccc(-c2nc(C(N)=O)c3[nH]c(=O)n(-c4cccc(OC)c4)c3n2)c1O. The number of carbonyl (C=O) groups excluding carboxylic acids is 1. The number of methoxy groups -OCH3 is 1. The lowest BCUT2D eigenvalue weighted by Crippen LogP contribution is -2.15. The second kappa shape index (κ2) is 7.82. The monoisotopic (exact) mass is 421 g/mol. The van der Waals surface area contributed by atoms with E-state index in [4.69, 9.17) is 15.2 Å². The molecule has 0 aliphatic carbocycles. The zero-order chi connectivity index (χ0) is 22.1. The summed E-state index contributed by atoms with van der Waals surface area (Å²) in [5.41, 5.74) is 5.70. The van der Waals surface area contributed by atoms with Crippen molar-refractivity contribution >= 4 is 17.1 Å². The van der Waals surface area contributed by atoms with Gasteiger partial charge in [-0.3, -0.25) is 4.79 Å². The average molecular weight is 421 g/mol. The van der Waals surface area contributed by atoms with Crippen LogP contribution in [0.25, 0.3) is 28.2 Å². The van der Waals surface area contributed by atoms with Crippen LogP contribution in [0.2, 0.25) is 0 Å². The van der Waals surface area contributed by atoms with E-state index in [1.165, 1.54) is 11.7 Å². The predicted molar refractivity (Wildman–Crippen MR) is 113 cm³/mol. The number of amides is 1. The van der Waals surface area contributed by atoms with Crippen LogP contribution in [0.3, 0.4) is 0 Å². The van der Waals surface area contributed by atoms with Crippen molar-refractivity contribution in [2.75, 3.05) is 13.7 Å². The smallest absolute Gasteiger partial charge is 0.332 e. The van der Waals surface area contributed by atoms with Crippen molar-refractivity contribution in [2.24, 2.45) is 5.73 Å². The van der Waals surface area contributed by atoms with Crippen molar-refractivity contribution in [1.82, 2.24) is 19.5 Å². The molecule has 10 nitrogen and oxygen atoms in total. The number of benzene rings is 2. The van der Waals surface area contributed by atoms with Crippen molar-refractivity contribution < 1.29 is 19.4 Å². The number of imidazole rings is 1. The number of hydrogen-bond donors (Lipinski definition) is 3. The fourth-order valence-corrected chi connectivity index (χ4v) is 3.25. The Labute approximate surface area is 175 Å². The first-order chi connectivity index (χ1) is 14.9. The number of fused-ring (bicyclic) bond motifs is 1. The summed E-state index contributed by atoms with van der Waals surface area (Å²) in [7, 11) is 1.51. The average Bonchev–Trinajstić information content (AvgIpc) is 3.10. The Bertz CT molecular complexity index is 1360. The van der Waals surface area contributed by atoms with Crippen LogP contribution in [0.1, 0.15) is 17.4 Å². The van der Waals surface area contributed by atoms with E-state index in [-0.39, 0.29) is 39.7 Å². The Balaban J connectivity index is 2.03. The lowest BCUT2D eigenvalue weighted by atomic mass is 10.1. The number of phenolic OH excluding ortho intramolecular Hbond substituents is 1. The maximum atomic E-state index is 12.7. The van der Waals surface area contributed by atoms with Crippen LogP contribution in [0.5, 0.6) is 17.2 Å². The minimum absolute atomic E-state index is 0.0102. The van der Waals surface area contributed by atoms with Gasteiger partial charge in [0.25, 0.3) is 5.91 Å². The van der Waals surface area contributed by atoms with Crippen LogP contribution >= 0.6 is 0 Å². The number of ether oxygens (including phenoxy) is 2. The topological polar surface area (TPSA) is 145 Å². The fraction of sp³-hybridized carbons (Fsp3) is 0.143. The first-order valence-corrected chi connectivity index (χ1v) is 9.36. The summed E-state index contributed by atoms with van der Waals surface area (Å²) in [6.07, 6.45) is 0. The van der Waals surface area contributed by atoms with Gasteiger partial charge in [0.1, 0.15) is 11.3 Å². The van der Waals surface area contributed by atoms with Gasteiger partial charge in [0.05, 0.1) is 25.0 Å². The highest BCUT2D eigenvalue weighted by atomic mass is 16.5. The van der Waals surface area contributed by atoms with Crippen LogP contribution in [-0.4, -0.2) is 44.2 Å². The van der Waals surface area contributed by atoms with Crippen molar-refractivity contribution in [2.45, 2.75) is 6.92 Å². The maximum Gasteiger partial charge on any atom is 0.332 e. The van der Waals surface area contributed by atoms with E-state index in [2.05, 4.69) is 15.0 Å². The zero-order valence-electron chi connectivity index (χ0n) is 16.7. The quantitative estimate of drug-likeness (QED) is 0.431. The number of H-pyrrole nitrogens is 1. The number of aromatic nitrogens is 4. The highest BCUT2D eigenvalue weighted by Crippen LogP contribution is 2.36. The molecule has 4 aromatic rings. The summed E-state index contributed by atoms with van der Waals surface area (Å²) in [4.78, 5) is 36.1. The van der Waals surface area contributed by atoms with Gasteiger partial charge >= 0.3 is 5.69 Å². The summed E-state index contributed by atoms with van der Waals surface area (Å²) in [6.45, 7) is 2.13. The van der Waals surface area contributed by atoms with Gasteiger partial charge in [-0.2, -0.15) is 0 Å². The molecular weight excluding hydrogens is 402 g/mol. The number of nitrogens with zero attached hydrogens (tertiary/aromatic N) is 3. The van der Waals surface area contributed by atoms with Gasteiger partial charge in [-0.15, -0.1) is 0 Å². The molecule has 31 heavy (non-hydrogen) atoms. The van der Waals surface area contributed by atoms with E-state index in [9.17, 15) is 14.7 Å². The molecule has 0 aliphatic rings. The minimum atomic E-state index is -0.854. The molecule has 10 heteroatoms. The Hall–Kier alpha value is -4.34. The highest BCUT2D eigenvalue weighted by molar-refractivity contribution is 6.02. The van der Waals surface area contributed by atoms with E-state index >= 15 is 0 Å². The predicted octanol–water partition coefficient (Wildman–Crippen LogP) is 1.99. The molecule has 2 aromatic heterocycles. The summed E-state index contributed by atoms with van der Waals surface area (Å²) >= 11 is 0. The van der Waals surface area contributed by atoms with Crippen LogP contribution in [0, 0.1) is 0 Å². The van der Waals surface area contributed by atoms with Gasteiger partial charge in [0, 0.05) is 6.07 Å². The van der Waals surface area contributed by atoms with Gasteiger partial charge in [-0.25, -0.2) is 19.3 Å². The van der Waals surface area contributed by atoms with Crippen molar-refractivity contribution in [3.8, 4) is 34.3 Å². The summed E-state index contributed by atoms with van der Waals surface area (Å²) < 4.78 is 11.9. The lowest BCUT2D eigenvalue weighted by Gasteiger charge is -2.11. The number of primary amides is 1. The molecule has 2 heterocycles. The molecule has 0 saturated heterocycles. The Morgan fingerprint density at radius 1 is 1.23 bits per heavy atom. The second-order valence-electron chi connectivity index (χ2n) is 6.51. The van der Waals surface area contributed by atoms with Crippen molar-refractivity contribution in [3.05, 3.63) is 58.6 Å². The zero-order valence-corrected chi connectivity index (χ0v) is 16.7. The van der Waals surface area contributed by atoms with Crippen LogP contribution in [0.4, 0.5) is 0 Å². The molecule has 4 rings (SSSR count). The molecule has 0 saturated carbocycles. The van der Waals surface area contributed by atoms with Gasteiger partial charge in [0.2, 0.25) is 0 Å². The number of para-hydroxylation sites is 1. The van der Waals surface area contributed by atoms with Crippen LogP contribution in [0.15, 0.2) is 47.3 Å². The third kappa shape index (κ3) is 3.44. The Morgan fingerprint density at radius 3 is 2.71 bits per heavy atom. The molecule has 0 radical (unpaired) electrons. The van der Waals surface area contributed by atoms with Crippen molar-refractivity contribution in [3.63, 3.8) is 0 Å². The third-order valence-corrected chi connectivity index (χ3v) is 4.62. The summed E-state index contributed by atoms with van der Waals surface area (Å²) in [5, 5.41) is 10.6. The Morgan fingerprint density at radius 2 is 2.00 bits per heavy atom. The lowest BCUT2D eigenvalue weighted by molar-refractivity contribution is 0.0997. The molecule has 2 aromatic carbocycles. The normalized spacial score (nSPS) is 10.9. The molecule has 0 bridgehead atoms. The first kappa shape index (κ1) is 20.0. The molecule has 0 aliphatic heterocycles. The standard InChI is InChI=1S/C21H19N5O5/c1-3-31-14-9-5-8-13(17(14)27)19-23-15(18(22)28)16-20(25-19)26(21(29)24-16)11-6-4-7-12(10-11)30-2/h4-10,27H,3H2,1-2H3,(H2,22,28)(H,24,29). The molecule has 0 atom stereocenters. The molecule has 158 valence electrons. The number of nitrogens with one attached hydrogen (secondary N) is 1. The van der Waals surface area contributed by atoms with E-state index < -0.39 is 11.6 Å². The van der Waals surface area contributed by atoms with Gasteiger partial charge in [-0.1, -0.05) is 12.1 Å². The molecule has 0 spiro atoms. The first-order valence-electron chi connectivity index (χ1n) is 9.36. The molecular formula is C21H19N5O5. The van der Waals surface area contributed by atoms with Gasteiger partial charge in [-0.05, 0) is 31.2 Å². The van der Waals surface area contributed by atoms with E-state index in [0.29, 0.717) is 18.0 Å². The molecule has 0 unspecified atom stereocenters. The molecule has 4 N–H and O–H groups in total.